The second kappa shape index (κ2) is 1050. The average Bonchev–Trinajstić information content (AvgIpc) is 0. The molecule has 0 spiro atoms. The summed E-state index contributed by atoms with van der Waals surface area (Å²) in [4.78, 5) is 0. The molecule has 0 aliphatic carbocycles. The summed E-state index contributed by atoms with van der Waals surface area (Å²) in [5.41, 5.74) is 0. The normalized spacial score (nSPS) is 0. The summed E-state index contributed by atoms with van der Waals surface area (Å²) in [5, 5.41) is 0. The van der Waals surface area contributed by atoms with Crippen LogP contribution in [0.3, 0.4) is 0 Å². The van der Waals surface area contributed by atoms with Crippen molar-refractivity contribution in [1.29, 1.82) is 0 Å². The van der Waals surface area contributed by atoms with E-state index in [0.717, 1.165) is 0 Å². The summed E-state index contributed by atoms with van der Waals surface area (Å²) in [6.07, 6.45) is 0. The van der Waals surface area contributed by atoms with Crippen molar-refractivity contribution in [3.8, 4) is 0 Å². The predicted molar refractivity (Wildman–Crippen MR) is 10.7 cm³/mol. The Morgan fingerprint density at radius 3 is 0.333 bits per heavy atom. The van der Waals surface area contributed by atoms with Crippen molar-refractivity contribution in [3.63, 3.8) is 0 Å². The Hall–Kier alpha value is 0.306. The molecule has 0 aromatic rings. The molecule has 5 nitrogen and oxygen atoms in total. The van der Waals surface area contributed by atoms with E-state index in [4.69, 9.17) is 0 Å². The van der Waals surface area contributed by atoms with Crippen LogP contribution >= 0.6 is 0 Å². The van der Waals surface area contributed by atoms with Crippen molar-refractivity contribution in [1.82, 2.24) is 30.8 Å². The van der Waals surface area contributed by atoms with Gasteiger partial charge >= 0.3 is 0 Å². The van der Waals surface area contributed by atoms with Gasteiger partial charge in [0.15, 0.2) is 0 Å². The maximum Gasteiger partial charge on any atom is 0 e. The van der Waals surface area contributed by atoms with Crippen molar-refractivity contribution >= 4 is 0 Å². The second-order valence-corrected chi connectivity index (χ2v) is 0. The van der Waals surface area contributed by atoms with E-state index in [1.807, 2.05) is 0 Å². The van der Waals surface area contributed by atoms with E-state index < -0.39 is 0 Å². The van der Waals surface area contributed by atoms with Gasteiger partial charge in [-0.15, -0.1) is 0 Å². The first-order chi connectivity index (χ1) is 0. The van der Waals surface area contributed by atoms with Crippen molar-refractivity contribution < 1.29 is 16.8 Å². The van der Waals surface area contributed by atoms with E-state index in [-0.39, 0.29) is 47.5 Å². The van der Waals surface area contributed by atoms with Gasteiger partial charge in [0.25, 0.3) is 0 Å². The number of nitrogens with zero attached hydrogens (tertiary/aromatic N) is 5. The third-order valence-electron chi connectivity index (χ3n) is 0. The van der Waals surface area contributed by atoms with Crippen LogP contribution in [0.25, 0.3) is 0 Å². The maximum absolute atomic E-state index is 0. The van der Waals surface area contributed by atoms with E-state index in [9.17, 15) is 0 Å². The SMILES string of the molecule is [Co].[N].[N].[N].[N].[N]. The molecular weight excluding hydrogens is 129 g/mol. The van der Waals surface area contributed by atoms with Crippen LogP contribution in [0.15, 0.2) is 0 Å². The molecule has 0 aliphatic rings. The maximum atomic E-state index is 0. The molecule has 0 aliphatic heterocycles. The number of hydrogen-bond acceptors (Lipinski definition) is 0. The summed E-state index contributed by atoms with van der Waals surface area (Å²) in [5.74, 6) is 0. The topological polar surface area (TPSA) is 152 Å². The Bertz CT molecular complexity index is 3.90. The third-order valence-corrected chi connectivity index (χ3v) is 0. The molecule has 6 heteroatoms. The van der Waals surface area contributed by atoms with Crippen LogP contribution < -0.4 is 30.8 Å². The van der Waals surface area contributed by atoms with Crippen molar-refractivity contribution in [2.45, 2.75) is 0 Å². The fraction of sp³-hybridized carbons (Fsp3) is 0. The molecule has 34 valence electrons. The summed E-state index contributed by atoms with van der Waals surface area (Å²) in [7, 11) is 0. The van der Waals surface area contributed by atoms with E-state index in [2.05, 4.69) is 0 Å². The molecule has 0 N–H and O–H groups in total. The van der Waals surface area contributed by atoms with Crippen LogP contribution in [-0.4, -0.2) is 0 Å². The van der Waals surface area contributed by atoms with Crippen molar-refractivity contribution in [2.24, 2.45) is 0 Å². The standard InChI is InChI=1S/Co.5N. The molecule has 0 fully saturated rings. The molecule has 6 heavy (non-hydrogen) atoms. The zero-order valence-corrected chi connectivity index (χ0v) is 3.61. The van der Waals surface area contributed by atoms with Crippen LogP contribution in [0.1, 0.15) is 0 Å². The first-order valence-electron chi connectivity index (χ1n) is 0. The van der Waals surface area contributed by atoms with E-state index >= 15 is 0 Å². The molecule has 0 unspecified atom stereocenters. The molecule has 0 aromatic heterocycles. The van der Waals surface area contributed by atoms with E-state index in [0.29, 0.717) is 0 Å². The monoisotopic (exact) mass is 129 g/mol. The van der Waals surface area contributed by atoms with E-state index in [1.165, 1.54) is 0 Å². The van der Waals surface area contributed by atoms with Gasteiger partial charge in [-0.25, -0.2) is 0 Å². The Balaban J connectivity index is 0. The minimum absolute atomic E-state index is 0. The summed E-state index contributed by atoms with van der Waals surface area (Å²) >= 11 is 0. The van der Waals surface area contributed by atoms with Gasteiger partial charge in [-0.1, -0.05) is 0 Å². The van der Waals surface area contributed by atoms with Crippen LogP contribution in [-0.2, 0) is 16.8 Å². The summed E-state index contributed by atoms with van der Waals surface area (Å²) in [6, 6.07) is 0. The van der Waals surface area contributed by atoms with Gasteiger partial charge in [-0.3, -0.25) is 0 Å². The molecule has 0 heterocycles. The van der Waals surface area contributed by atoms with Gasteiger partial charge < -0.3 is 0 Å². The van der Waals surface area contributed by atoms with Gasteiger partial charge in [0.2, 0.25) is 0 Å². The first kappa shape index (κ1) is 1890. The van der Waals surface area contributed by atoms with Crippen LogP contribution in [0.2, 0.25) is 0 Å². The molecule has 0 saturated heterocycles. The molecule has 0 amide bonds. The Morgan fingerprint density at radius 1 is 0.333 bits per heavy atom. The molecule has 0 saturated carbocycles. The van der Waals surface area contributed by atoms with Crippen LogP contribution in [0, 0.1) is 0 Å². The zero-order chi connectivity index (χ0) is 0. The van der Waals surface area contributed by atoms with Gasteiger partial charge in [0.05, 0.1) is 0 Å². The first-order valence-corrected chi connectivity index (χ1v) is 0. The second-order valence-electron chi connectivity index (χ2n) is 0. The molecule has 16 radical (unpaired) electrons. The van der Waals surface area contributed by atoms with Gasteiger partial charge in [0, 0.05) is 47.5 Å². The zero-order valence-electron chi connectivity index (χ0n) is 2.57. The molecule has 0 rings (SSSR count). The molecule has 0 atom stereocenters. The van der Waals surface area contributed by atoms with Gasteiger partial charge in [-0.2, -0.15) is 0 Å². The smallest absolute Gasteiger partial charge is 0 e. The van der Waals surface area contributed by atoms with Gasteiger partial charge in [0.1, 0.15) is 0 Å². The fourth-order valence-corrected chi connectivity index (χ4v) is 0. The Morgan fingerprint density at radius 2 is 0.333 bits per heavy atom. The van der Waals surface area contributed by atoms with Crippen LogP contribution in [0.5, 0.6) is 0 Å². The number of hydrogen-bond donors (Lipinski definition) is 0. The molecule has 0 bridgehead atoms. The quantitative estimate of drug-likeness (QED) is 0.342. The minimum atomic E-state index is 0. The van der Waals surface area contributed by atoms with Crippen LogP contribution in [0.4, 0.5) is 0 Å². The Labute approximate surface area is 48.4 Å². The number of rotatable bonds is 0. The summed E-state index contributed by atoms with van der Waals surface area (Å²) < 4.78 is 0. The molecule has 0 aromatic carbocycles. The van der Waals surface area contributed by atoms with Crippen molar-refractivity contribution in [3.05, 3.63) is 0 Å². The summed E-state index contributed by atoms with van der Waals surface area (Å²) in [6.45, 7) is 0. The van der Waals surface area contributed by atoms with Gasteiger partial charge in [-0.05, 0) is 0 Å². The minimum Gasteiger partial charge on any atom is 0 e. The largest absolute Gasteiger partial charge is 0 e. The van der Waals surface area contributed by atoms with E-state index in [1.54, 1.807) is 0 Å². The van der Waals surface area contributed by atoms with Crippen molar-refractivity contribution in [2.75, 3.05) is 0 Å². The third kappa shape index (κ3) is 501. The average molecular weight is 129 g/mol. The fourth-order valence-electron chi connectivity index (χ4n) is 0. The Kier molecular flexibility index (Phi) is 330000. The predicted octanol–water partition coefficient (Wildman–Crippen LogP) is -2.41. The molecular formula is CoN5.